The Morgan fingerprint density at radius 1 is 1.10 bits per heavy atom. The lowest BCUT2D eigenvalue weighted by molar-refractivity contribution is 0.289. The van der Waals surface area contributed by atoms with Crippen LogP contribution in [0.25, 0.3) is 21.3 Å². The zero-order valence-electron chi connectivity index (χ0n) is 18.5. The van der Waals surface area contributed by atoms with Crippen LogP contribution in [0.15, 0.2) is 41.9 Å². The highest BCUT2D eigenvalue weighted by molar-refractivity contribution is 7.17. The molecule has 1 aromatic carbocycles. The highest BCUT2D eigenvalue weighted by atomic mass is 32.1. The summed E-state index contributed by atoms with van der Waals surface area (Å²) in [5, 5.41) is 7.09. The molecule has 0 saturated carbocycles. The van der Waals surface area contributed by atoms with Crippen LogP contribution in [0.3, 0.4) is 0 Å². The van der Waals surface area contributed by atoms with Gasteiger partial charge in [-0.25, -0.2) is 9.97 Å². The number of nitrogens with zero attached hydrogens (tertiary/aromatic N) is 4. The summed E-state index contributed by atoms with van der Waals surface area (Å²) in [5.41, 5.74) is 2.47. The maximum absolute atomic E-state index is 4.91. The average molecular weight is 436 g/mol. The van der Waals surface area contributed by atoms with E-state index in [-0.39, 0.29) is 0 Å². The van der Waals surface area contributed by atoms with Crippen LogP contribution < -0.4 is 10.2 Å². The lowest BCUT2D eigenvalue weighted by Gasteiger charge is -2.32. The number of piperidine rings is 1. The highest BCUT2D eigenvalue weighted by Crippen LogP contribution is 2.33. The van der Waals surface area contributed by atoms with Crippen LogP contribution in [0.1, 0.15) is 32.1 Å². The Bertz CT molecular complexity index is 980. The van der Waals surface area contributed by atoms with E-state index in [1.165, 1.54) is 49.8 Å². The van der Waals surface area contributed by atoms with Gasteiger partial charge in [0.2, 0.25) is 5.95 Å². The van der Waals surface area contributed by atoms with Crippen LogP contribution in [0.2, 0.25) is 0 Å². The molecule has 1 atom stereocenters. The van der Waals surface area contributed by atoms with E-state index in [0.29, 0.717) is 0 Å². The fourth-order valence-electron chi connectivity index (χ4n) is 5.06. The van der Waals surface area contributed by atoms with Crippen molar-refractivity contribution < 1.29 is 0 Å². The van der Waals surface area contributed by atoms with Crippen molar-refractivity contribution in [2.24, 2.45) is 5.92 Å². The summed E-state index contributed by atoms with van der Waals surface area (Å²) in [6.07, 6.45) is 8.48. The summed E-state index contributed by atoms with van der Waals surface area (Å²) in [7, 11) is 2.27. The zero-order chi connectivity index (χ0) is 21.0. The van der Waals surface area contributed by atoms with Gasteiger partial charge >= 0.3 is 0 Å². The second-order valence-electron chi connectivity index (χ2n) is 9.10. The highest BCUT2D eigenvalue weighted by Gasteiger charge is 2.23. The fourth-order valence-corrected chi connectivity index (χ4v) is 5.98. The number of likely N-dealkylation sites (tertiary alicyclic amines) is 1. The molecule has 5 nitrogen and oxygen atoms in total. The average Bonchev–Trinajstić information content (AvgIpc) is 3.43. The molecular formula is C25H33N5S. The number of aromatic nitrogens is 2. The summed E-state index contributed by atoms with van der Waals surface area (Å²) in [6, 6.07) is 11.3. The summed E-state index contributed by atoms with van der Waals surface area (Å²) < 4.78 is 0. The van der Waals surface area contributed by atoms with Gasteiger partial charge in [0.15, 0.2) is 0 Å². The second kappa shape index (κ2) is 9.63. The van der Waals surface area contributed by atoms with Gasteiger partial charge in [0, 0.05) is 41.7 Å². The van der Waals surface area contributed by atoms with Gasteiger partial charge in [0.05, 0.1) is 0 Å². The van der Waals surface area contributed by atoms with Crippen molar-refractivity contribution in [2.75, 3.05) is 44.7 Å². The quantitative estimate of drug-likeness (QED) is 0.547. The third-order valence-electron chi connectivity index (χ3n) is 7.06. The van der Waals surface area contributed by atoms with E-state index in [1.54, 1.807) is 11.3 Å². The van der Waals surface area contributed by atoms with Crippen molar-refractivity contribution in [3.8, 4) is 11.1 Å². The van der Waals surface area contributed by atoms with E-state index in [0.717, 1.165) is 54.3 Å². The molecule has 0 aliphatic carbocycles. The molecule has 2 saturated heterocycles. The van der Waals surface area contributed by atoms with Crippen LogP contribution in [-0.4, -0.2) is 60.7 Å². The summed E-state index contributed by atoms with van der Waals surface area (Å²) in [5.74, 6) is 1.66. The van der Waals surface area contributed by atoms with Crippen LogP contribution in [0.5, 0.6) is 0 Å². The van der Waals surface area contributed by atoms with Crippen molar-refractivity contribution in [3.05, 3.63) is 41.9 Å². The Hall–Kier alpha value is -2.02. The van der Waals surface area contributed by atoms with Gasteiger partial charge in [-0.2, -0.15) is 0 Å². The minimum absolute atomic E-state index is 0.771. The predicted octanol–water partition coefficient (Wildman–Crippen LogP) is 4.65. The lowest BCUT2D eigenvalue weighted by atomic mass is 9.97. The molecule has 2 aliphatic heterocycles. The number of anilines is 1. The molecule has 4 heterocycles. The topological polar surface area (TPSA) is 44.3 Å². The molecule has 3 aromatic rings. The first-order valence-corrected chi connectivity index (χ1v) is 12.6. The van der Waals surface area contributed by atoms with Crippen LogP contribution >= 0.6 is 11.3 Å². The Balaban J connectivity index is 1.13. The Morgan fingerprint density at radius 3 is 2.71 bits per heavy atom. The van der Waals surface area contributed by atoms with Gasteiger partial charge in [-0.15, -0.1) is 11.3 Å². The number of hydrogen-bond donors (Lipinski definition) is 1. The molecule has 2 aromatic heterocycles. The number of hydrogen-bond acceptors (Lipinski definition) is 6. The first-order chi connectivity index (χ1) is 15.3. The van der Waals surface area contributed by atoms with Gasteiger partial charge in [0.1, 0.15) is 4.83 Å². The first-order valence-electron chi connectivity index (χ1n) is 11.7. The fraction of sp³-hybridized carbons (Fsp3) is 0.520. The second-order valence-corrected chi connectivity index (χ2v) is 9.96. The van der Waals surface area contributed by atoms with E-state index in [1.807, 2.05) is 6.20 Å². The summed E-state index contributed by atoms with van der Waals surface area (Å²) in [4.78, 5) is 15.6. The number of thiophene rings is 1. The molecule has 0 spiro atoms. The summed E-state index contributed by atoms with van der Waals surface area (Å²) in [6.45, 7) is 5.68. The molecule has 1 unspecified atom stereocenters. The standard InChI is InChI=1S/C25H33N5S/c1-29-13-5-8-21(29)9-12-26-16-19-10-14-30(15-11-19)25-27-17-22-23(18-31-24(22)28-25)20-6-3-2-4-7-20/h2-4,6-7,17-19,21,26H,5,8-16H2,1H3. The molecule has 2 fully saturated rings. The van der Waals surface area contributed by atoms with E-state index in [4.69, 9.17) is 9.97 Å². The Kier molecular flexibility index (Phi) is 6.48. The first kappa shape index (κ1) is 20.9. The molecule has 0 bridgehead atoms. The Morgan fingerprint density at radius 2 is 1.94 bits per heavy atom. The lowest BCUT2D eigenvalue weighted by Crippen LogP contribution is -2.38. The molecule has 6 heteroatoms. The van der Waals surface area contributed by atoms with Crippen molar-refractivity contribution in [2.45, 2.75) is 38.1 Å². The van der Waals surface area contributed by atoms with E-state index in [2.05, 4.69) is 57.9 Å². The van der Waals surface area contributed by atoms with Gasteiger partial charge in [0.25, 0.3) is 0 Å². The SMILES string of the molecule is CN1CCCC1CCNCC1CCN(c2ncc3c(-c4ccccc4)csc3n2)CC1. The molecule has 2 aliphatic rings. The number of benzene rings is 1. The van der Waals surface area contributed by atoms with Crippen molar-refractivity contribution >= 4 is 27.5 Å². The number of rotatable bonds is 7. The Labute approximate surface area is 189 Å². The van der Waals surface area contributed by atoms with Crippen LogP contribution in [0.4, 0.5) is 5.95 Å². The number of nitrogens with one attached hydrogen (secondary N) is 1. The smallest absolute Gasteiger partial charge is 0.226 e. The van der Waals surface area contributed by atoms with Crippen LogP contribution in [-0.2, 0) is 0 Å². The molecule has 31 heavy (non-hydrogen) atoms. The third-order valence-corrected chi connectivity index (χ3v) is 7.95. The molecule has 5 rings (SSSR count). The summed E-state index contributed by atoms with van der Waals surface area (Å²) >= 11 is 1.72. The molecule has 1 N–H and O–H groups in total. The van der Waals surface area contributed by atoms with Gasteiger partial charge in [-0.1, -0.05) is 30.3 Å². The molecular weight excluding hydrogens is 402 g/mol. The number of fused-ring (bicyclic) bond motifs is 1. The minimum Gasteiger partial charge on any atom is -0.341 e. The normalized spacial score (nSPS) is 20.7. The maximum Gasteiger partial charge on any atom is 0.226 e. The van der Waals surface area contributed by atoms with E-state index >= 15 is 0 Å². The third kappa shape index (κ3) is 4.76. The molecule has 0 amide bonds. The van der Waals surface area contributed by atoms with Gasteiger partial charge in [-0.3, -0.25) is 0 Å². The zero-order valence-corrected chi connectivity index (χ0v) is 19.3. The van der Waals surface area contributed by atoms with Crippen LogP contribution in [0, 0.1) is 5.92 Å². The molecule has 0 radical (unpaired) electrons. The largest absolute Gasteiger partial charge is 0.341 e. The van der Waals surface area contributed by atoms with Gasteiger partial charge in [-0.05, 0) is 70.3 Å². The predicted molar refractivity (Wildman–Crippen MR) is 131 cm³/mol. The van der Waals surface area contributed by atoms with Gasteiger partial charge < -0.3 is 15.1 Å². The van der Waals surface area contributed by atoms with E-state index < -0.39 is 0 Å². The molecule has 164 valence electrons. The monoisotopic (exact) mass is 435 g/mol. The maximum atomic E-state index is 4.91. The van der Waals surface area contributed by atoms with Crippen molar-refractivity contribution in [1.29, 1.82) is 0 Å². The van der Waals surface area contributed by atoms with Crippen molar-refractivity contribution in [3.63, 3.8) is 0 Å². The van der Waals surface area contributed by atoms with Crippen molar-refractivity contribution in [1.82, 2.24) is 20.2 Å². The minimum atomic E-state index is 0.771. The van der Waals surface area contributed by atoms with E-state index in [9.17, 15) is 0 Å².